The van der Waals surface area contributed by atoms with Crippen LogP contribution in [0.4, 0.5) is 17.6 Å². The predicted molar refractivity (Wildman–Crippen MR) is 99.2 cm³/mol. The third-order valence-electron chi connectivity index (χ3n) is 5.28. The summed E-state index contributed by atoms with van der Waals surface area (Å²) in [4.78, 5) is 18.1. The lowest BCUT2D eigenvalue weighted by molar-refractivity contribution is -0.263. The summed E-state index contributed by atoms with van der Waals surface area (Å²) in [7, 11) is 0. The second-order valence-electron chi connectivity index (χ2n) is 7.63. The molecule has 0 spiro atoms. The van der Waals surface area contributed by atoms with E-state index in [4.69, 9.17) is 4.52 Å². The Hall–Kier alpha value is -3.21. The van der Waals surface area contributed by atoms with E-state index in [2.05, 4.69) is 10.1 Å². The minimum Gasteiger partial charge on any atom is -0.374 e. The van der Waals surface area contributed by atoms with Crippen molar-refractivity contribution in [1.29, 1.82) is 0 Å². The fraction of sp³-hybridized carbons (Fsp3) is 0.350. The second kappa shape index (κ2) is 7.19. The van der Waals surface area contributed by atoms with Crippen molar-refractivity contribution in [2.45, 2.75) is 38.2 Å². The molecule has 0 radical (unpaired) electrons. The minimum atomic E-state index is -4.90. The molecule has 1 aliphatic heterocycles. The number of amides is 1. The Balaban J connectivity index is 1.58. The van der Waals surface area contributed by atoms with E-state index in [1.165, 1.54) is 46.0 Å². The zero-order chi connectivity index (χ0) is 22.6. The van der Waals surface area contributed by atoms with E-state index in [-0.39, 0.29) is 24.5 Å². The smallest absolute Gasteiger partial charge is 0.374 e. The number of aromatic nitrogens is 3. The molecule has 3 heterocycles. The maximum absolute atomic E-state index is 13.3. The van der Waals surface area contributed by atoms with Gasteiger partial charge in [0.05, 0.1) is 24.5 Å². The van der Waals surface area contributed by atoms with Crippen LogP contribution in [-0.4, -0.2) is 43.3 Å². The quantitative estimate of drug-likeness (QED) is 0.631. The van der Waals surface area contributed by atoms with Crippen molar-refractivity contribution in [3.63, 3.8) is 0 Å². The molecular weight excluding hydrogens is 420 g/mol. The third kappa shape index (κ3) is 3.58. The molecule has 0 bridgehead atoms. The van der Waals surface area contributed by atoms with Crippen molar-refractivity contribution in [2.24, 2.45) is 0 Å². The molecule has 11 heteroatoms. The zero-order valence-electron chi connectivity index (χ0n) is 16.5. The molecule has 31 heavy (non-hydrogen) atoms. The van der Waals surface area contributed by atoms with E-state index in [1.54, 1.807) is 6.92 Å². The number of aliphatic hydroxyl groups is 1. The first kappa shape index (κ1) is 21.0. The maximum Gasteiger partial charge on any atom is 0.424 e. The molecule has 1 aliphatic rings. The zero-order valence-corrected chi connectivity index (χ0v) is 16.5. The molecule has 1 N–H and O–H groups in total. The summed E-state index contributed by atoms with van der Waals surface area (Å²) in [6.07, 6.45) is -3.68. The van der Waals surface area contributed by atoms with Crippen LogP contribution in [0.2, 0.25) is 0 Å². The summed E-state index contributed by atoms with van der Waals surface area (Å²) in [6.45, 7) is 2.36. The van der Waals surface area contributed by atoms with Crippen molar-refractivity contribution in [3.8, 4) is 11.3 Å². The first-order valence-corrected chi connectivity index (χ1v) is 9.36. The Morgan fingerprint density at radius 2 is 1.94 bits per heavy atom. The molecule has 1 amide bonds. The van der Waals surface area contributed by atoms with Gasteiger partial charge in [0.25, 0.3) is 5.91 Å². The molecule has 0 saturated carbocycles. The van der Waals surface area contributed by atoms with Gasteiger partial charge in [-0.25, -0.2) is 9.37 Å². The molecule has 0 unspecified atom stereocenters. The predicted octanol–water partition coefficient (Wildman–Crippen LogP) is 3.66. The molecule has 0 saturated heterocycles. The van der Waals surface area contributed by atoms with Gasteiger partial charge in [-0.3, -0.25) is 4.79 Å². The summed E-state index contributed by atoms with van der Waals surface area (Å²) >= 11 is 0. The number of fused-ring (bicyclic) bond motifs is 1. The first-order valence-electron chi connectivity index (χ1n) is 9.36. The van der Waals surface area contributed by atoms with Gasteiger partial charge in [-0.1, -0.05) is 5.16 Å². The minimum absolute atomic E-state index is 0.0111. The van der Waals surface area contributed by atoms with Crippen molar-refractivity contribution in [3.05, 3.63) is 59.6 Å². The monoisotopic (exact) mass is 438 g/mol. The molecule has 3 aromatic rings. The largest absolute Gasteiger partial charge is 0.424 e. The summed E-state index contributed by atoms with van der Waals surface area (Å²) in [6, 6.07) is 6.33. The molecule has 0 aliphatic carbocycles. The van der Waals surface area contributed by atoms with E-state index in [9.17, 15) is 27.5 Å². The van der Waals surface area contributed by atoms with Gasteiger partial charge in [0.15, 0.2) is 17.3 Å². The SMILES string of the molecule is C[C@H]1CN(C(=O)c2cc(-c3ccc(F)cc3)on2)Cc2cnc([C@@](C)(O)C(F)(F)F)n21. The average molecular weight is 438 g/mol. The topological polar surface area (TPSA) is 84.4 Å². The third-order valence-corrected chi connectivity index (χ3v) is 5.28. The van der Waals surface area contributed by atoms with Crippen LogP contribution < -0.4 is 0 Å². The van der Waals surface area contributed by atoms with Crippen molar-refractivity contribution in [2.75, 3.05) is 6.54 Å². The fourth-order valence-corrected chi connectivity index (χ4v) is 3.60. The van der Waals surface area contributed by atoms with Gasteiger partial charge in [0.1, 0.15) is 5.82 Å². The van der Waals surface area contributed by atoms with E-state index in [0.717, 1.165) is 0 Å². The molecule has 2 aromatic heterocycles. The van der Waals surface area contributed by atoms with E-state index in [1.807, 2.05) is 0 Å². The molecule has 164 valence electrons. The number of carbonyl (C=O) groups is 1. The number of carbonyl (C=O) groups excluding carboxylic acids is 1. The Bertz CT molecular complexity index is 1120. The summed E-state index contributed by atoms with van der Waals surface area (Å²) < 4.78 is 59.4. The molecule has 2 atom stereocenters. The summed E-state index contributed by atoms with van der Waals surface area (Å²) in [5, 5.41) is 13.8. The van der Waals surface area contributed by atoms with Gasteiger partial charge in [-0.05, 0) is 38.1 Å². The number of rotatable bonds is 3. The van der Waals surface area contributed by atoms with E-state index >= 15 is 0 Å². The number of halogens is 4. The number of nitrogens with zero attached hydrogens (tertiary/aromatic N) is 4. The lowest BCUT2D eigenvalue weighted by Gasteiger charge is -2.35. The molecule has 4 rings (SSSR count). The standard InChI is InChI=1S/C20H18F4N4O3/c1-11-9-27(10-14-8-25-18(28(11)14)19(2,30)20(22,23)24)17(29)15-7-16(31-26-15)12-3-5-13(21)6-4-12/h3-8,11,30H,9-10H2,1-2H3/t11-,19+/m0/s1. The summed E-state index contributed by atoms with van der Waals surface area (Å²) in [5.74, 6) is -1.13. The summed E-state index contributed by atoms with van der Waals surface area (Å²) in [5.41, 5.74) is -2.21. The van der Waals surface area contributed by atoms with Gasteiger partial charge in [-0.15, -0.1) is 0 Å². The highest BCUT2D eigenvalue weighted by Crippen LogP contribution is 2.40. The number of alkyl halides is 3. The van der Waals surface area contributed by atoms with Crippen LogP contribution in [0.15, 0.2) is 41.1 Å². The first-order chi connectivity index (χ1) is 14.5. The fourth-order valence-electron chi connectivity index (χ4n) is 3.60. The van der Waals surface area contributed by atoms with Crippen LogP contribution in [0.5, 0.6) is 0 Å². The van der Waals surface area contributed by atoms with Gasteiger partial charge >= 0.3 is 6.18 Å². The number of hydrogen-bond donors (Lipinski definition) is 1. The van der Waals surface area contributed by atoms with E-state index < -0.39 is 35.4 Å². The second-order valence-corrected chi connectivity index (χ2v) is 7.63. The molecule has 7 nitrogen and oxygen atoms in total. The molecule has 0 fully saturated rings. The maximum atomic E-state index is 13.3. The van der Waals surface area contributed by atoms with Crippen LogP contribution >= 0.6 is 0 Å². The van der Waals surface area contributed by atoms with Crippen LogP contribution in [0.1, 0.15) is 41.9 Å². The van der Waals surface area contributed by atoms with Crippen molar-refractivity contribution < 1.29 is 32.0 Å². The van der Waals surface area contributed by atoms with Crippen LogP contribution in [0, 0.1) is 5.82 Å². The van der Waals surface area contributed by atoms with Crippen LogP contribution in [-0.2, 0) is 12.1 Å². The highest BCUT2D eigenvalue weighted by atomic mass is 19.4. The van der Waals surface area contributed by atoms with Gasteiger partial charge in [0.2, 0.25) is 5.60 Å². The number of imidazole rings is 1. The van der Waals surface area contributed by atoms with E-state index in [0.29, 0.717) is 18.2 Å². The Labute approximate surface area is 173 Å². The van der Waals surface area contributed by atoms with Crippen LogP contribution in [0.25, 0.3) is 11.3 Å². The highest BCUT2D eigenvalue weighted by molar-refractivity contribution is 5.93. The van der Waals surface area contributed by atoms with Gasteiger partial charge in [-0.2, -0.15) is 13.2 Å². The Morgan fingerprint density at radius 1 is 1.26 bits per heavy atom. The van der Waals surface area contributed by atoms with Crippen molar-refractivity contribution in [1.82, 2.24) is 19.6 Å². The average Bonchev–Trinajstić information content (AvgIpc) is 3.35. The number of benzene rings is 1. The van der Waals surface area contributed by atoms with Crippen molar-refractivity contribution >= 4 is 5.91 Å². The van der Waals surface area contributed by atoms with Gasteiger partial charge < -0.3 is 19.1 Å². The molecule has 1 aromatic carbocycles. The lowest BCUT2D eigenvalue weighted by atomic mass is 10.0. The lowest BCUT2D eigenvalue weighted by Crippen LogP contribution is -2.45. The number of hydrogen-bond acceptors (Lipinski definition) is 5. The van der Waals surface area contributed by atoms with Crippen LogP contribution in [0.3, 0.4) is 0 Å². The Morgan fingerprint density at radius 3 is 2.58 bits per heavy atom. The molecular formula is C20H18F4N4O3. The van der Waals surface area contributed by atoms with Gasteiger partial charge in [0, 0.05) is 18.2 Å². The Kier molecular flexibility index (Phi) is 4.88. The normalized spacial score (nSPS) is 18.5. The highest BCUT2D eigenvalue weighted by Gasteiger charge is 2.55.